The Bertz CT molecular complexity index is 1230. The standard InChI is InChI=1S/C28H37N9O/c29-10-3-11-35-12-8-19(9-13-35)20-15-31-28(32-16-20)37-21-6-7-22(37)18-36(17-21)25-14-24(33-34-27(25)30)23-4-1-2-5-26(23)38/h1-2,4-5,14-16,19,21-22,38H,3,6-13,17-18,29H2,(H2,30,34). The Morgan fingerprint density at radius 2 is 1.66 bits per heavy atom. The summed E-state index contributed by atoms with van der Waals surface area (Å²) in [7, 11) is 0. The number of piperidine rings is 1. The molecule has 10 nitrogen and oxygen atoms in total. The van der Waals surface area contributed by atoms with Gasteiger partial charge in [-0.15, -0.1) is 10.2 Å². The molecule has 2 unspecified atom stereocenters. The maximum Gasteiger partial charge on any atom is 0.225 e. The molecule has 0 aliphatic carbocycles. The van der Waals surface area contributed by atoms with E-state index in [1.807, 2.05) is 18.2 Å². The molecule has 0 amide bonds. The van der Waals surface area contributed by atoms with E-state index in [9.17, 15) is 5.11 Å². The fraction of sp³-hybridized carbons (Fsp3) is 0.500. The number of para-hydroxylation sites is 1. The summed E-state index contributed by atoms with van der Waals surface area (Å²) in [5.41, 5.74) is 15.3. The van der Waals surface area contributed by atoms with Crippen LogP contribution in [-0.4, -0.2) is 81.5 Å². The van der Waals surface area contributed by atoms with E-state index in [-0.39, 0.29) is 5.75 Å². The van der Waals surface area contributed by atoms with Gasteiger partial charge < -0.3 is 31.3 Å². The van der Waals surface area contributed by atoms with Crippen LogP contribution in [0.5, 0.6) is 5.75 Å². The minimum atomic E-state index is 0.181. The number of aromatic nitrogens is 4. The lowest BCUT2D eigenvalue weighted by atomic mass is 9.91. The second kappa shape index (κ2) is 10.7. The van der Waals surface area contributed by atoms with Crippen LogP contribution < -0.4 is 21.3 Å². The maximum absolute atomic E-state index is 10.3. The van der Waals surface area contributed by atoms with Crippen LogP contribution in [0.25, 0.3) is 11.3 Å². The second-order valence-corrected chi connectivity index (χ2v) is 10.8. The molecule has 2 bridgehead atoms. The lowest BCUT2D eigenvalue weighted by molar-refractivity contribution is 0.211. The molecule has 3 aromatic rings. The van der Waals surface area contributed by atoms with Gasteiger partial charge in [0.05, 0.1) is 11.4 Å². The number of phenolic OH excluding ortho intramolecular Hbond substituents is 1. The molecule has 3 fully saturated rings. The van der Waals surface area contributed by atoms with Gasteiger partial charge in [0.1, 0.15) is 5.75 Å². The van der Waals surface area contributed by atoms with E-state index in [1.54, 1.807) is 12.1 Å². The predicted molar refractivity (Wildman–Crippen MR) is 149 cm³/mol. The Balaban J connectivity index is 1.14. The smallest absolute Gasteiger partial charge is 0.225 e. The van der Waals surface area contributed by atoms with Gasteiger partial charge in [0.15, 0.2) is 5.82 Å². The average molecular weight is 516 g/mol. The van der Waals surface area contributed by atoms with Gasteiger partial charge in [0, 0.05) is 43.1 Å². The molecule has 0 saturated carbocycles. The number of likely N-dealkylation sites (tertiary alicyclic amines) is 1. The molecule has 5 heterocycles. The molecule has 1 aromatic carbocycles. The summed E-state index contributed by atoms with van der Waals surface area (Å²) in [6.45, 7) is 5.74. The molecule has 5 N–H and O–H groups in total. The fourth-order valence-corrected chi connectivity index (χ4v) is 6.37. The Morgan fingerprint density at radius 3 is 2.34 bits per heavy atom. The van der Waals surface area contributed by atoms with Crippen LogP contribution in [-0.2, 0) is 0 Å². The van der Waals surface area contributed by atoms with E-state index in [0.717, 1.165) is 83.0 Å². The normalized spacial score (nSPS) is 22.2. The number of benzene rings is 1. The van der Waals surface area contributed by atoms with Crippen molar-refractivity contribution < 1.29 is 5.11 Å². The lowest BCUT2D eigenvalue weighted by Gasteiger charge is -2.42. The highest BCUT2D eigenvalue weighted by Gasteiger charge is 2.42. The van der Waals surface area contributed by atoms with Crippen molar-refractivity contribution in [2.45, 2.75) is 50.1 Å². The van der Waals surface area contributed by atoms with Gasteiger partial charge in [-0.05, 0) is 88.0 Å². The van der Waals surface area contributed by atoms with E-state index < -0.39 is 0 Å². The zero-order chi connectivity index (χ0) is 26.1. The van der Waals surface area contributed by atoms with Gasteiger partial charge >= 0.3 is 0 Å². The summed E-state index contributed by atoms with van der Waals surface area (Å²) in [6.07, 6.45) is 9.68. The third-order valence-electron chi connectivity index (χ3n) is 8.43. The van der Waals surface area contributed by atoms with Crippen molar-refractivity contribution in [1.82, 2.24) is 25.1 Å². The number of hydrogen-bond donors (Lipinski definition) is 3. The number of piperazine rings is 1. The number of rotatable bonds is 7. The van der Waals surface area contributed by atoms with Gasteiger partial charge in [-0.25, -0.2) is 9.97 Å². The first kappa shape index (κ1) is 24.8. The number of fused-ring (bicyclic) bond motifs is 2. The zero-order valence-electron chi connectivity index (χ0n) is 21.8. The summed E-state index contributed by atoms with van der Waals surface area (Å²) in [5, 5.41) is 18.8. The Labute approximate surface area is 223 Å². The van der Waals surface area contributed by atoms with Crippen molar-refractivity contribution in [3.05, 3.63) is 48.3 Å². The topological polar surface area (TPSA) is 134 Å². The Morgan fingerprint density at radius 1 is 0.947 bits per heavy atom. The molecule has 3 aliphatic heterocycles. The zero-order valence-corrected chi connectivity index (χ0v) is 21.8. The van der Waals surface area contributed by atoms with Crippen LogP contribution in [0.4, 0.5) is 17.5 Å². The summed E-state index contributed by atoms with van der Waals surface area (Å²) in [6, 6.07) is 9.74. The third-order valence-corrected chi connectivity index (χ3v) is 8.43. The van der Waals surface area contributed by atoms with Crippen molar-refractivity contribution in [3.63, 3.8) is 0 Å². The minimum Gasteiger partial charge on any atom is -0.507 e. The van der Waals surface area contributed by atoms with Crippen LogP contribution in [0.3, 0.4) is 0 Å². The molecule has 2 aromatic heterocycles. The van der Waals surface area contributed by atoms with Crippen LogP contribution in [0.2, 0.25) is 0 Å². The van der Waals surface area contributed by atoms with E-state index in [4.69, 9.17) is 21.4 Å². The van der Waals surface area contributed by atoms with Crippen molar-refractivity contribution >= 4 is 17.5 Å². The first-order valence-corrected chi connectivity index (χ1v) is 13.8. The molecular formula is C28H37N9O. The van der Waals surface area contributed by atoms with Crippen molar-refractivity contribution in [3.8, 4) is 17.0 Å². The molecule has 38 heavy (non-hydrogen) atoms. The van der Waals surface area contributed by atoms with Gasteiger partial charge in [0.2, 0.25) is 5.95 Å². The molecule has 0 radical (unpaired) electrons. The number of aromatic hydroxyl groups is 1. The van der Waals surface area contributed by atoms with Crippen molar-refractivity contribution in [2.75, 3.05) is 54.8 Å². The van der Waals surface area contributed by atoms with Gasteiger partial charge in [0.25, 0.3) is 0 Å². The van der Waals surface area contributed by atoms with Gasteiger partial charge in [-0.3, -0.25) is 0 Å². The first-order valence-electron chi connectivity index (χ1n) is 13.8. The maximum atomic E-state index is 10.3. The summed E-state index contributed by atoms with van der Waals surface area (Å²) < 4.78 is 0. The van der Waals surface area contributed by atoms with E-state index in [1.165, 1.54) is 5.56 Å². The quantitative estimate of drug-likeness (QED) is 0.431. The number of nitrogens with two attached hydrogens (primary N) is 2. The Hall–Kier alpha value is -3.50. The van der Waals surface area contributed by atoms with Crippen LogP contribution >= 0.6 is 0 Å². The van der Waals surface area contributed by atoms with E-state index in [2.05, 4.69) is 37.3 Å². The first-order chi connectivity index (χ1) is 18.6. The third kappa shape index (κ3) is 4.86. The molecule has 0 spiro atoms. The predicted octanol–water partition coefficient (Wildman–Crippen LogP) is 2.61. The highest BCUT2D eigenvalue weighted by Crippen LogP contribution is 2.38. The molecule has 3 saturated heterocycles. The Kier molecular flexibility index (Phi) is 6.99. The van der Waals surface area contributed by atoms with Crippen LogP contribution in [0.15, 0.2) is 42.7 Å². The summed E-state index contributed by atoms with van der Waals surface area (Å²) in [4.78, 5) is 16.9. The van der Waals surface area contributed by atoms with Gasteiger partial charge in [-0.2, -0.15) is 0 Å². The number of phenols is 1. The number of anilines is 3. The molecule has 200 valence electrons. The highest BCUT2D eigenvalue weighted by atomic mass is 16.3. The fourth-order valence-electron chi connectivity index (χ4n) is 6.37. The van der Waals surface area contributed by atoms with Crippen molar-refractivity contribution in [1.29, 1.82) is 0 Å². The average Bonchev–Trinajstić information content (AvgIpc) is 3.22. The number of nitrogens with zero attached hydrogens (tertiary/aromatic N) is 7. The summed E-state index contributed by atoms with van der Waals surface area (Å²) >= 11 is 0. The molecule has 2 atom stereocenters. The van der Waals surface area contributed by atoms with E-state index in [0.29, 0.717) is 35.1 Å². The molecule has 6 rings (SSSR count). The number of nitrogen functional groups attached to an aromatic ring is 1. The largest absolute Gasteiger partial charge is 0.507 e. The van der Waals surface area contributed by atoms with Crippen LogP contribution in [0.1, 0.15) is 43.6 Å². The minimum absolute atomic E-state index is 0.181. The van der Waals surface area contributed by atoms with E-state index >= 15 is 0 Å². The second-order valence-electron chi connectivity index (χ2n) is 10.8. The highest BCUT2D eigenvalue weighted by molar-refractivity contribution is 5.74. The lowest BCUT2D eigenvalue weighted by Crippen LogP contribution is -2.54. The molecule has 10 heteroatoms. The summed E-state index contributed by atoms with van der Waals surface area (Å²) in [5.74, 6) is 1.95. The van der Waals surface area contributed by atoms with Crippen LogP contribution in [0, 0.1) is 0 Å². The van der Waals surface area contributed by atoms with Crippen molar-refractivity contribution in [2.24, 2.45) is 5.73 Å². The SMILES string of the molecule is NCCCN1CCC(c2cnc(N3C4CCC3CN(c3cc(-c5ccccc5O)nnc3N)C4)nc2)CC1. The monoisotopic (exact) mass is 515 g/mol. The number of hydrogen-bond acceptors (Lipinski definition) is 10. The van der Waals surface area contributed by atoms with Gasteiger partial charge in [-0.1, -0.05) is 12.1 Å². The molecule has 3 aliphatic rings. The molecular weight excluding hydrogens is 478 g/mol.